The predicted octanol–water partition coefficient (Wildman–Crippen LogP) is 4.88. The maximum atomic E-state index is 12.6. The van der Waals surface area contributed by atoms with Gasteiger partial charge in [-0.1, -0.05) is 54.2 Å². The van der Waals surface area contributed by atoms with Crippen LogP contribution < -0.4 is 5.32 Å². The van der Waals surface area contributed by atoms with Crippen molar-refractivity contribution in [3.8, 4) is 11.4 Å². The summed E-state index contributed by atoms with van der Waals surface area (Å²) >= 11 is 1.31. The van der Waals surface area contributed by atoms with Crippen LogP contribution in [0.15, 0.2) is 83.9 Å². The number of thioether (sulfide) groups is 1. The van der Waals surface area contributed by atoms with E-state index in [0.717, 1.165) is 22.4 Å². The van der Waals surface area contributed by atoms with Crippen molar-refractivity contribution < 1.29 is 9.59 Å². The molecule has 0 saturated heterocycles. The molecule has 2 heterocycles. The summed E-state index contributed by atoms with van der Waals surface area (Å²) in [4.78, 5) is 28.7. The van der Waals surface area contributed by atoms with Gasteiger partial charge in [0.25, 0.3) is 0 Å². The first-order valence-corrected chi connectivity index (χ1v) is 11.3. The normalized spacial score (nSPS) is 11.1. The van der Waals surface area contributed by atoms with E-state index >= 15 is 0 Å². The van der Waals surface area contributed by atoms with Crippen LogP contribution in [-0.2, 0) is 4.79 Å². The largest absolute Gasteiger partial charge is 0.325 e. The lowest BCUT2D eigenvalue weighted by Crippen LogP contribution is -2.14. The highest BCUT2D eigenvalue weighted by atomic mass is 32.2. The van der Waals surface area contributed by atoms with Crippen LogP contribution in [0, 0.1) is 0 Å². The second-order valence-corrected chi connectivity index (χ2v) is 8.39. The van der Waals surface area contributed by atoms with Gasteiger partial charge in [-0.05, 0) is 43.3 Å². The van der Waals surface area contributed by atoms with E-state index in [2.05, 4.69) is 15.5 Å². The van der Waals surface area contributed by atoms with Gasteiger partial charge < -0.3 is 5.32 Å². The lowest BCUT2D eigenvalue weighted by Gasteiger charge is -2.09. The van der Waals surface area contributed by atoms with Crippen LogP contribution in [0.2, 0.25) is 0 Å². The molecule has 0 spiro atoms. The molecular formula is C25H19N5O2S. The Kier molecular flexibility index (Phi) is 5.58. The number of nitrogens with one attached hydrogen (secondary N) is 1. The Bertz CT molecular complexity index is 1480. The first-order valence-electron chi connectivity index (χ1n) is 10.3. The van der Waals surface area contributed by atoms with Crippen LogP contribution in [0.25, 0.3) is 28.1 Å². The third kappa shape index (κ3) is 4.20. The molecule has 0 aliphatic carbocycles. The van der Waals surface area contributed by atoms with Crippen molar-refractivity contribution in [3.63, 3.8) is 0 Å². The Morgan fingerprint density at radius 3 is 2.39 bits per heavy atom. The standard InChI is InChI=1S/C25H19N5O2S/c1-16(31)17-11-13-19(14-12-17)26-22(32)15-33-25-24-29-28-23(18-7-3-2-4-8-18)30(24)21-10-6-5-9-20(21)27-25/h2-14H,15H2,1H3,(H,26,32). The Morgan fingerprint density at radius 1 is 0.909 bits per heavy atom. The minimum Gasteiger partial charge on any atom is -0.325 e. The zero-order valence-electron chi connectivity index (χ0n) is 17.7. The minimum absolute atomic E-state index is 0.0157. The van der Waals surface area contributed by atoms with Crippen molar-refractivity contribution in [2.75, 3.05) is 11.1 Å². The summed E-state index contributed by atoms with van der Waals surface area (Å²) in [6.07, 6.45) is 0. The number of aromatic nitrogens is 4. The topological polar surface area (TPSA) is 89.2 Å². The molecule has 5 aromatic rings. The average molecular weight is 454 g/mol. The number of fused-ring (bicyclic) bond motifs is 3. The molecule has 7 nitrogen and oxygen atoms in total. The highest BCUT2D eigenvalue weighted by Gasteiger charge is 2.17. The quantitative estimate of drug-likeness (QED) is 0.291. The Hall–Kier alpha value is -4.04. The van der Waals surface area contributed by atoms with E-state index < -0.39 is 0 Å². The summed E-state index contributed by atoms with van der Waals surface area (Å²) in [5.41, 5.74) is 4.49. The molecule has 33 heavy (non-hydrogen) atoms. The van der Waals surface area contributed by atoms with Crippen LogP contribution in [0.3, 0.4) is 0 Å². The van der Waals surface area contributed by atoms with Gasteiger partial charge in [0.15, 0.2) is 17.3 Å². The van der Waals surface area contributed by atoms with Crippen molar-refractivity contribution in [2.24, 2.45) is 0 Å². The van der Waals surface area contributed by atoms with Gasteiger partial charge in [-0.25, -0.2) is 4.98 Å². The van der Waals surface area contributed by atoms with Gasteiger partial charge in [-0.2, -0.15) is 0 Å². The van der Waals surface area contributed by atoms with E-state index in [4.69, 9.17) is 4.98 Å². The van der Waals surface area contributed by atoms with E-state index in [9.17, 15) is 9.59 Å². The van der Waals surface area contributed by atoms with Crippen molar-refractivity contribution in [2.45, 2.75) is 11.9 Å². The highest BCUT2D eigenvalue weighted by Crippen LogP contribution is 2.29. The second-order valence-electron chi connectivity index (χ2n) is 7.42. The summed E-state index contributed by atoms with van der Waals surface area (Å²) < 4.78 is 1.98. The number of carbonyl (C=O) groups excluding carboxylic acids is 2. The van der Waals surface area contributed by atoms with Crippen LogP contribution in [0.4, 0.5) is 5.69 Å². The molecule has 3 aromatic carbocycles. The number of para-hydroxylation sites is 2. The maximum absolute atomic E-state index is 12.6. The third-order valence-electron chi connectivity index (χ3n) is 5.15. The molecule has 0 unspecified atom stereocenters. The molecule has 162 valence electrons. The summed E-state index contributed by atoms with van der Waals surface area (Å²) in [5, 5.41) is 12.3. The molecule has 0 bridgehead atoms. The zero-order chi connectivity index (χ0) is 22.8. The zero-order valence-corrected chi connectivity index (χ0v) is 18.5. The van der Waals surface area contributed by atoms with Crippen molar-refractivity contribution in [3.05, 3.63) is 84.4 Å². The van der Waals surface area contributed by atoms with Crippen LogP contribution in [-0.4, -0.2) is 37.0 Å². The fraction of sp³-hybridized carbons (Fsp3) is 0.0800. The lowest BCUT2D eigenvalue weighted by atomic mass is 10.1. The Labute approximate surface area is 193 Å². The number of nitrogens with zero attached hydrogens (tertiary/aromatic N) is 4. The number of ketones is 1. The van der Waals surface area contributed by atoms with Gasteiger partial charge in [0.1, 0.15) is 5.03 Å². The number of hydrogen-bond donors (Lipinski definition) is 1. The number of Topliss-reactive ketones (excluding diaryl/α,β-unsaturated/α-hetero) is 1. The van der Waals surface area contributed by atoms with Gasteiger partial charge >= 0.3 is 0 Å². The van der Waals surface area contributed by atoms with Gasteiger partial charge in [0, 0.05) is 16.8 Å². The highest BCUT2D eigenvalue weighted by molar-refractivity contribution is 8.00. The van der Waals surface area contributed by atoms with E-state index in [1.54, 1.807) is 24.3 Å². The minimum atomic E-state index is -0.175. The molecule has 0 radical (unpaired) electrons. The number of benzene rings is 3. The summed E-state index contributed by atoms with van der Waals surface area (Å²) in [5.74, 6) is 0.689. The molecule has 0 saturated carbocycles. The van der Waals surface area contributed by atoms with Gasteiger partial charge in [-0.3, -0.25) is 14.0 Å². The molecule has 2 aromatic heterocycles. The van der Waals surface area contributed by atoms with Crippen LogP contribution >= 0.6 is 11.8 Å². The summed E-state index contributed by atoms with van der Waals surface area (Å²) in [6.45, 7) is 1.51. The predicted molar refractivity (Wildman–Crippen MR) is 130 cm³/mol. The van der Waals surface area contributed by atoms with Gasteiger partial charge in [0.2, 0.25) is 5.91 Å². The number of amides is 1. The molecule has 0 fully saturated rings. The van der Waals surface area contributed by atoms with E-state index in [0.29, 0.717) is 21.9 Å². The fourth-order valence-corrected chi connectivity index (χ4v) is 4.31. The monoisotopic (exact) mass is 453 g/mol. The smallest absolute Gasteiger partial charge is 0.234 e. The molecule has 1 N–H and O–H groups in total. The molecule has 0 aliphatic heterocycles. The third-order valence-corrected chi connectivity index (χ3v) is 6.10. The first-order chi connectivity index (χ1) is 16.1. The molecule has 1 amide bonds. The first kappa shape index (κ1) is 20.8. The lowest BCUT2D eigenvalue weighted by molar-refractivity contribution is -0.113. The second kappa shape index (κ2) is 8.84. The molecular weight excluding hydrogens is 434 g/mol. The van der Waals surface area contributed by atoms with Crippen molar-refractivity contribution in [1.82, 2.24) is 19.6 Å². The van der Waals surface area contributed by atoms with E-state index in [1.807, 2.05) is 59.0 Å². The number of rotatable bonds is 6. The van der Waals surface area contributed by atoms with Crippen LogP contribution in [0.1, 0.15) is 17.3 Å². The molecule has 0 aliphatic rings. The molecule has 0 atom stereocenters. The Balaban J connectivity index is 1.44. The Morgan fingerprint density at radius 2 is 1.64 bits per heavy atom. The summed E-state index contributed by atoms with van der Waals surface area (Å²) in [6, 6.07) is 24.5. The number of anilines is 1. The van der Waals surface area contributed by atoms with Crippen LogP contribution in [0.5, 0.6) is 0 Å². The SMILES string of the molecule is CC(=O)c1ccc(NC(=O)CSc2nc3ccccc3n3c(-c4ccccc4)nnc23)cc1. The average Bonchev–Trinajstić information content (AvgIpc) is 3.29. The van der Waals surface area contributed by atoms with Gasteiger partial charge in [0.05, 0.1) is 16.8 Å². The van der Waals surface area contributed by atoms with E-state index in [1.165, 1.54) is 18.7 Å². The van der Waals surface area contributed by atoms with Crippen molar-refractivity contribution >= 4 is 45.8 Å². The maximum Gasteiger partial charge on any atom is 0.234 e. The van der Waals surface area contributed by atoms with E-state index in [-0.39, 0.29) is 17.4 Å². The fourth-order valence-electron chi connectivity index (χ4n) is 3.55. The molecule has 8 heteroatoms. The number of carbonyl (C=O) groups is 2. The number of hydrogen-bond acceptors (Lipinski definition) is 6. The van der Waals surface area contributed by atoms with Crippen molar-refractivity contribution in [1.29, 1.82) is 0 Å². The molecule has 5 rings (SSSR count). The summed E-state index contributed by atoms with van der Waals surface area (Å²) in [7, 11) is 0. The van der Waals surface area contributed by atoms with Gasteiger partial charge in [-0.15, -0.1) is 10.2 Å².